The molecule has 0 aliphatic rings. The Labute approximate surface area is 96.3 Å². The molecule has 1 aromatic rings. The van der Waals surface area contributed by atoms with Crippen LogP contribution in [0.3, 0.4) is 0 Å². The molecule has 0 spiro atoms. The lowest BCUT2D eigenvalue weighted by molar-refractivity contribution is 0.247. The Bertz CT molecular complexity index is 370. The Morgan fingerprint density at radius 2 is 2.27 bits per heavy atom. The molecule has 3 N–H and O–H groups in total. The third kappa shape index (κ3) is 2.60. The number of methoxy groups -OCH3 is 1. The van der Waals surface area contributed by atoms with Gasteiger partial charge in [0.2, 0.25) is 0 Å². The predicted molar refractivity (Wildman–Crippen MR) is 61.8 cm³/mol. The second-order valence-electron chi connectivity index (χ2n) is 2.82. The van der Waals surface area contributed by atoms with Gasteiger partial charge < -0.3 is 4.74 Å². The summed E-state index contributed by atoms with van der Waals surface area (Å²) in [5.74, 6) is 5.65. The normalized spacial score (nSPS) is 9.60. The molecule has 0 aromatic heterocycles. The monoisotopic (exact) mass is 273 g/mol. The van der Waals surface area contributed by atoms with Gasteiger partial charge in [-0.3, -0.25) is 10.3 Å². The van der Waals surface area contributed by atoms with E-state index >= 15 is 0 Å². The number of nitrogens with one attached hydrogen (secondary N) is 1. The number of carbonyl (C=O) groups excluding carboxylic acids is 1. The largest absolute Gasteiger partial charge is 0.495 e. The van der Waals surface area contributed by atoms with Crippen LogP contribution in [-0.4, -0.2) is 20.2 Å². The molecule has 1 aromatic carbocycles. The van der Waals surface area contributed by atoms with Crippen LogP contribution in [-0.2, 0) is 0 Å². The van der Waals surface area contributed by atoms with E-state index in [2.05, 4.69) is 21.4 Å². The number of carbonyl (C=O) groups is 1. The number of amides is 2. The minimum atomic E-state index is -0.411. The Kier molecular flexibility index (Phi) is 3.93. The van der Waals surface area contributed by atoms with E-state index in [0.29, 0.717) is 11.4 Å². The number of rotatable bonds is 2. The van der Waals surface area contributed by atoms with Gasteiger partial charge in [0.15, 0.2) is 0 Å². The highest BCUT2D eigenvalue weighted by Gasteiger charge is 2.14. The highest BCUT2D eigenvalue weighted by atomic mass is 79.9. The predicted octanol–water partition coefficient (Wildman–Crippen LogP) is 1.48. The fraction of sp³-hybridized carbons (Fsp3) is 0.222. The van der Waals surface area contributed by atoms with Crippen molar-refractivity contribution >= 4 is 27.6 Å². The van der Waals surface area contributed by atoms with E-state index in [1.165, 1.54) is 4.90 Å². The molecule has 0 unspecified atom stereocenters. The minimum Gasteiger partial charge on any atom is -0.495 e. The summed E-state index contributed by atoms with van der Waals surface area (Å²) < 4.78 is 5.99. The van der Waals surface area contributed by atoms with Gasteiger partial charge in [-0.15, -0.1) is 0 Å². The van der Waals surface area contributed by atoms with Crippen molar-refractivity contribution in [3.05, 3.63) is 22.7 Å². The summed E-state index contributed by atoms with van der Waals surface area (Å²) >= 11 is 3.32. The van der Waals surface area contributed by atoms with E-state index < -0.39 is 6.03 Å². The first kappa shape index (κ1) is 11.8. The van der Waals surface area contributed by atoms with Crippen LogP contribution in [0.5, 0.6) is 5.75 Å². The molecule has 0 bridgehead atoms. The average molecular weight is 274 g/mol. The number of hydrazine groups is 1. The van der Waals surface area contributed by atoms with Crippen molar-refractivity contribution in [1.29, 1.82) is 0 Å². The molecule has 0 heterocycles. The number of benzene rings is 1. The van der Waals surface area contributed by atoms with Crippen molar-refractivity contribution in [1.82, 2.24) is 5.43 Å². The molecule has 1 rings (SSSR count). The molecule has 0 aliphatic heterocycles. The molecule has 0 aliphatic carbocycles. The molecule has 15 heavy (non-hydrogen) atoms. The van der Waals surface area contributed by atoms with Crippen LogP contribution < -0.4 is 20.9 Å². The molecule has 5 nitrogen and oxygen atoms in total. The fourth-order valence-corrected chi connectivity index (χ4v) is 1.48. The summed E-state index contributed by atoms with van der Waals surface area (Å²) in [6, 6.07) is 4.95. The molecule has 0 saturated carbocycles. The Hall–Kier alpha value is -1.27. The zero-order valence-corrected chi connectivity index (χ0v) is 10.0. The summed E-state index contributed by atoms with van der Waals surface area (Å²) in [5, 5.41) is 0. The lowest BCUT2D eigenvalue weighted by Gasteiger charge is -2.19. The van der Waals surface area contributed by atoms with Crippen molar-refractivity contribution in [2.75, 3.05) is 19.1 Å². The first-order valence-electron chi connectivity index (χ1n) is 4.18. The van der Waals surface area contributed by atoms with E-state index in [-0.39, 0.29) is 0 Å². The zero-order chi connectivity index (χ0) is 11.4. The second kappa shape index (κ2) is 4.99. The molecule has 2 amide bonds. The number of anilines is 1. The van der Waals surface area contributed by atoms with E-state index in [1.54, 1.807) is 26.3 Å². The number of halogens is 1. The van der Waals surface area contributed by atoms with Gasteiger partial charge in [-0.1, -0.05) is 15.9 Å². The van der Waals surface area contributed by atoms with Crippen LogP contribution in [0.1, 0.15) is 0 Å². The number of ether oxygens (including phenoxy) is 1. The fourth-order valence-electron chi connectivity index (χ4n) is 1.13. The maximum atomic E-state index is 11.3. The molecule has 6 heteroatoms. The van der Waals surface area contributed by atoms with Crippen LogP contribution >= 0.6 is 15.9 Å². The average Bonchev–Trinajstić information content (AvgIpc) is 2.27. The molecular weight excluding hydrogens is 262 g/mol. The summed E-state index contributed by atoms with van der Waals surface area (Å²) in [6.45, 7) is 0. The van der Waals surface area contributed by atoms with Crippen molar-refractivity contribution < 1.29 is 9.53 Å². The number of urea groups is 1. The van der Waals surface area contributed by atoms with Crippen molar-refractivity contribution in [3.63, 3.8) is 0 Å². The summed E-state index contributed by atoms with van der Waals surface area (Å²) in [4.78, 5) is 12.7. The smallest absolute Gasteiger partial charge is 0.335 e. The summed E-state index contributed by atoms with van der Waals surface area (Å²) in [7, 11) is 3.15. The summed E-state index contributed by atoms with van der Waals surface area (Å²) in [6.07, 6.45) is 0. The molecule has 0 saturated heterocycles. The van der Waals surface area contributed by atoms with Gasteiger partial charge in [0.05, 0.1) is 12.8 Å². The maximum absolute atomic E-state index is 11.3. The van der Waals surface area contributed by atoms with Gasteiger partial charge in [0.1, 0.15) is 5.75 Å². The topological polar surface area (TPSA) is 67.6 Å². The second-order valence-corrected chi connectivity index (χ2v) is 3.74. The standard InChI is InChI=1S/C9H12BrN3O2/c1-13(9(14)12-11)7-5-6(10)3-4-8(7)15-2/h3-5H,11H2,1-2H3,(H,12,14). The number of nitrogens with two attached hydrogens (primary N) is 1. The summed E-state index contributed by atoms with van der Waals surface area (Å²) in [5.41, 5.74) is 2.68. The van der Waals surface area contributed by atoms with Gasteiger partial charge in [-0.05, 0) is 18.2 Å². The number of hydrogen-bond acceptors (Lipinski definition) is 3. The molecule has 82 valence electrons. The molecule has 0 radical (unpaired) electrons. The molecular formula is C9H12BrN3O2. The van der Waals surface area contributed by atoms with E-state index in [9.17, 15) is 4.79 Å². The SMILES string of the molecule is COc1ccc(Br)cc1N(C)C(=O)NN. The van der Waals surface area contributed by atoms with Gasteiger partial charge in [-0.25, -0.2) is 10.6 Å². The van der Waals surface area contributed by atoms with Crippen molar-refractivity contribution in [2.45, 2.75) is 0 Å². The van der Waals surface area contributed by atoms with E-state index in [4.69, 9.17) is 10.6 Å². The number of hydrogen-bond donors (Lipinski definition) is 2. The van der Waals surface area contributed by atoms with Gasteiger partial charge >= 0.3 is 6.03 Å². The van der Waals surface area contributed by atoms with Gasteiger partial charge in [0.25, 0.3) is 0 Å². The highest BCUT2D eigenvalue weighted by molar-refractivity contribution is 9.10. The van der Waals surface area contributed by atoms with E-state index in [1.807, 2.05) is 6.07 Å². The van der Waals surface area contributed by atoms with Crippen LogP contribution in [0, 0.1) is 0 Å². The first-order chi connectivity index (χ1) is 7.10. The number of nitrogens with zero attached hydrogens (tertiary/aromatic N) is 1. The van der Waals surface area contributed by atoms with E-state index in [0.717, 1.165) is 4.47 Å². The zero-order valence-electron chi connectivity index (χ0n) is 8.45. The Balaban J connectivity index is 3.10. The third-order valence-corrected chi connectivity index (χ3v) is 2.42. The third-order valence-electron chi connectivity index (χ3n) is 1.93. The minimum absolute atomic E-state index is 0.411. The molecule has 0 atom stereocenters. The molecule has 0 fully saturated rings. The van der Waals surface area contributed by atoms with Crippen LogP contribution in [0.4, 0.5) is 10.5 Å². The van der Waals surface area contributed by atoms with Gasteiger partial charge in [-0.2, -0.15) is 0 Å². The van der Waals surface area contributed by atoms with Crippen molar-refractivity contribution in [2.24, 2.45) is 5.84 Å². The Morgan fingerprint density at radius 3 is 2.80 bits per heavy atom. The lowest BCUT2D eigenvalue weighted by Crippen LogP contribution is -2.41. The van der Waals surface area contributed by atoms with Gasteiger partial charge in [0, 0.05) is 11.5 Å². The Morgan fingerprint density at radius 1 is 1.60 bits per heavy atom. The van der Waals surface area contributed by atoms with Crippen molar-refractivity contribution in [3.8, 4) is 5.75 Å². The lowest BCUT2D eigenvalue weighted by atomic mass is 10.3. The van der Waals surface area contributed by atoms with Crippen LogP contribution in [0.25, 0.3) is 0 Å². The quantitative estimate of drug-likeness (QED) is 0.487. The van der Waals surface area contributed by atoms with Crippen LogP contribution in [0.2, 0.25) is 0 Å². The first-order valence-corrected chi connectivity index (χ1v) is 4.97. The maximum Gasteiger partial charge on any atom is 0.335 e. The highest BCUT2D eigenvalue weighted by Crippen LogP contribution is 2.30. The van der Waals surface area contributed by atoms with Crippen LogP contribution in [0.15, 0.2) is 22.7 Å².